The molecule has 0 bridgehead atoms. The summed E-state index contributed by atoms with van der Waals surface area (Å²) in [4.78, 5) is 15.7. The Morgan fingerprint density at radius 2 is 1.68 bits per heavy atom. The van der Waals surface area contributed by atoms with Crippen molar-refractivity contribution in [3.05, 3.63) is 82.9 Å². The number of carbonyl (C=O) groups is 1. The molecule has 1 N–H and O–H groups in total. The number of methoxy groups -OCH3 is 1. The zero-order valence-corrected chi connectivity index (χ0v) is 21.9. The maximum atomic E-state index is 13.3. The van der Waals surface area contributed by atoms with Crippen LogP contribution in [0.25, 0.3) is 17.2 Å². The molecule has 1 aliphatic carbocycles. The Bertz CT molecular complexity index is 1270. The first kappa shape index (κ1) is 25.1. The van der Waals surface area contributed by atoms with Crippen molar-refractivity contribution in [1.82, 2.24) is 4.90 Å². The first-order valence-electron chi connectivity index (χ1n) is 13.3. The number of likely N-dealkylation sites (tertiary alicyclic amines) is 1. The maximum absolute atomic E-state index is 13.3. The highest BCUT2D eigenvalue weighted by Crippen LogP contribution is 2.32. The topological polar surface area (TPSA) is 50.8 Å². The van der Waals surface area contributed by atoms with Crippen LogP contribution in [0.15, 0.2) is 66.2 Å². The number of anilines is 1. The second kappa shape index (κ2) is 11.7. The van der Waals surface area contributed by atoms with Crippen LogP contribution in [0.1, 0.15) is 42.4 Å². The van der Waals surface area contributed by atoms with Crippen molar-refractivity contribution in [3.63, 3.8) is 0 Å². The van der Waals surface area contributed by atoms with E-state index in [1.807, 2.05) is 18.2 Å². The van der Waals surface area contributed by atoms with E-state index < -0.39 is 0 Å². The van der Waals surface area contributed by atoms with Gasteiger partial charge in [0, 0.05) is 23.9 Å². The Morgan fingerprint density at radius 3 is 2.46 bits per heavy atom. The smallest absolute Gasteiger partial charge is 0.251 e. The quantitative estimate of drug-likeness (QED) is 0.387. The summed E-state index contributed by atoms with van der Waals surface area (Å²) in [6.45, 7) is 5.87. The Morgan fingerprint density at radius 1 is 0.892 bits per heavy atom. The van der Waals surface area contributed by atoms with Crippen LogP contribution in [-0.4, -0.2) is 44.2 Å². The minimum atomic E-state index is -0.0678. The van der Waals surface area contributed by atoms with Crippen LogP contribution >= 0.6 is 0 Å². The van der Waals surface area contributed by atoms with Gasteiger partial charge in [0.2, 0.25) is 0 Å². The molecule has 0 atom stereocenters. The fourth-order valence-corrected chi connectivity index (χ4v) is 5.16. The lowest BCUT2D eigenvalue weighted by Crippen LogP contribution is -2.25. The second-order valence-corrected chi connectivity index (χ2v) is 10.0. The van der Waals surface area contributed by atoms with E-state index in [-0.39, 0.29) is 5.91 Å². The van der Waals surface area contributed by atoms with Gasteiger partial charge in [0.15, 0.2) is 11.5 Å². The molecule has 1 saturated heterocycles. The van der Waals surface area contributed by atoms with E-state index in [1.165, 1.54) is 35.1 Å². The SMILES string of the molecule is COc1ccc(NC(=O)C2=Cc3cc(-c4ccc(C)cc4)ccc3CCC2)cc1OCCN1CCCC1. The number of nitrogens with zero attached hydrogens (tertiary/aromatic N) is 1. The second-order valence-electron chi connectivity index (χ2n) is 10.0. The van der Waals surface area contributed by atoms with E-state index in [0.717, 1.165) is 50.0 Å². The minimum Gasteiger partial charge on any atom is -0.493 e. The molecule has 2 aliphatic rings. The summed E-state index contributed by atoms with van der Waals surface area (Å²) in [5, 5.41) is 3.09. The molecule has 0 saturated carbocycles. The van der Waals surface area contributed by atoms with Gasteiger partial charge < -0.3 is 14.8 Å². The average molecular weight is 497 g/mol. The molecule has 192 valence electrons. The van der Waals surface area contributed by atoms with Gasteiger partial charge in [-0.1, -0.05) is 42.0 Å². The predicted molar refractivity (Wildman–Crippen MR) is 150 cm³/mol. The number of carbonyl (C=O) groups excluding carboxylic acids is 1. The number of benzene rings is 3. The molecule has 1 fully saturated rings. The standard InChI is InChI=1S/C32H36N2O3/c1-23-8-10-25(11-9-23)26-13-12-24-6-5-7-27(21-28(24)20-26)32(35)33-29-14-15-30(36-2)31(22-29)37-19-18-34-16-3-4-17-34/h8-15,20-22H,3-7,16-19H2,1-2H3,(H,33,35). The summed E-state index contributed by atoms with van der Waals surface area (Å²) in [6, 6.07) is 20.8. The van der Waals surface area contributed by atoms with Crippen molar-refractivity contribution in [2.45, 2.75) is 39.0 Å². The number of amides is 1. The molecule has 3 aromatic carbocycles. The van der Waals surface area contributed by atoms with Gasteiger partial charge in [-0.3, -0.25) is 9.69 Å². The lowest BCUT2D eigenvalue weighted by atomic mass is 9.97. The van der Waals surface area contributed by atoms with Crippen molar-refractivity contribution in [1.29, 1.82) is 0 Å². The highest BCUT2D eigenvalue weighted by atomic mass is 16.5. The molecule has 37 heavy (non-hydrogen) atoms. The number of rotatable bonds is 8. The van der Waals surface area contributed by atoms with Crippen LogP contribution in [0.3, 0.4) is 0 Å². The molecule has 5 rings (SSSR count). The van der Waals surface area contributed by atoms with E-state index in [4.69, 9.17) is 9.47 Å². The molecule has 3 aromatic rings. The zero-order chi connectivity index (χ0) is 25.6. The van der Waals surface area contributed by atoms with Crippen LogP contribution in [0.2, 0.25) is 0 Å². The van der Waals surface area contributed by atoms with Crippen LogP contribution in [0, 0.1) is 6.92 Å². The van der Waals surface area contributed by atoms with Crippen molar-refractivity contribution < 1.29 is 14.3 Å². The molecule has 1 heterocycles. The number of fused-ring (bicyclic) bond motifs is 1. The van der Waals surface area contributed by atoms with Crippen LogP contribution in [0.5, 0.6) is 11.5 Å². The van der Waals surface area contributed by atoms with Crippen molar-refractivity contribution in [2.75, 3.05) is 38.7 Å². The van der Waals surface area contributed by atoms with E-state index >= 15 is 0 Å². The van der Waals surface area contributed by atoms with E-state index in [1.54, 1.807) is 7.11 Å². The summed E-state index contributed by atoms with van der Waals surface area (Å²) in [5.41, 5.74) is 7.53. The molecule has 0 radical (unpaired) electrons. The highest BCUT2D eigenvalue weighted by molar-refractivity contribution is 6.07. The molecule has 5 heteroatoms. The largest absolute Gasteiger partial charge is 0.493 e. The molecule has 1 amide bonds. The van der Waals surface area contributed by atoms with E-state index in [0.29, 0.717) is 23.8 Å². The lowest BCUT2D eigenvalue weighted by molar-refractivity contribution is -0.112. The first-order chi connectivity index (χ1) is 18.1. The van der Waals surface area contributed by atoms with Gasteiger partial charge in [-0.25, -0.2) is 0 Å². The molecule has 1 aliphatic heterocycles. The number of aryl methyl sites for hydroxylation is 2. The van der Waals surface area contributed by atoms with Gasteiger partial charge >= 0.3 is 0 Å². The first-order valence-corrected chi connectivity index (χ1v) is 13.3. The number of nitrogens with one attached hydrogen (secondary N) is 1. The number of hydrogen-bond acceptors (Lipinski definition) is 4. The minimum absolute atomic E-state index is 0.0678. The average Bonchev–Trinajstić information content (AvgIpc) is 3.33. The highest BCUT2D eigenvalue weighted by Gasteiger charge is 2.17. The fourth-order valence-electron chi connectivity index (χ4n) is 5.16. The Kier molecular flexibility index (Phi) is 7.90. The normalized spacial score (nSPS) is 15.5. The van der Waals surface area contributed by atoms with E-state index in [2.05, 4.69) is 65.7 Å². The van der Waals surface area contributed by atoms with Crippen LogP contribution < -0.4 is 14.8 Å². The summed E-state index contributed by atoms with van der Waals surface area (Å²) in [6.07, 6.45) is 7.25. The Labute approximate surface area is 220 Å². The van der Waals surface area contributed by atoms with Gasteiger partial charge in [-0.05, 0) is 98.6 Å². The van der Waals surface area contributed by atoms with Crippen LogP contribution in [-0.2, 0) is 11.2 Å². The summed E-state index contributed by atoms with van der Waals surface area (Å²) in [5.74, 6) is 1.26. The van der Waals surface area contributed by atoms with E-state index in [9.17, 15) is 4.79 Å². The third kappa shape index (κ3) is 6.23. The van der Waals surface area contributed by atoms with Crippen molar-refractivity contribution in [2.24, 2.45) is 0 Å². The predicted octanol–water partition coefficient (Wildman–Crippen LogP) is 6.50. The number of ether oxygens (including phenoxy) is 2. The van der Waals surface area contributed by atoms with Gasteiger partial charge in [-0.15, -0.1) is 0 Å². The van der Waals surface area contributed by atoms with Crippen molar-refractivity contribution >= 4 is 17.7 Å². The summed E-state index contributed by atoms with van der Waals surface area (Å²) < 4.78 is 11.5. The molecular weight excluding hydrogens is 460 g/mol. The van der Waals surface area contributed by atoms with Gasteiger partial charge in [0.25, 0.3) is 5.91 Å². The zero-order valence-electron chi connectivity index (χ0n) is 21.9. The lowest BCUT2D eigenvalue weighted by Gasteiger charge is -2.17. The summed E-state index contributed by atoms with van der Waals surface area (Å²) >= 11 is 0. The van der Waals surface area contributed by atoms with Gasteiger partial charge in [0.1, 0.15) is 6.61 Å². The molecule has 0 spiro atoms. The number of hydrogen-bond donors (Lipinski definition) is 1. The third-order valence-corrected chi connectivity index (χ3v) is 7.33. The third-order valence-electron chi connectivity index (χ3n) is 7.33. The molecule has 0 aromatic heterocycles. The van der Waals surface area contributed by atoms with Crippen LogP contribution in [0.4, 0.5) is 5.69 Å². The molecule has 5 nitrogen and oxygen atoms in total. The maximum Gasteiger partial charge on any atom is 0.251 e. The Balaban J connectivity index is 1.31. The monoisotopic (exact) mass is 496 g/mol. The Hall–Kier alpha value is -3.57. The molecule has 0 unspecified atom stereocenters. The van der Waals surface area contributed by atoms with Gasteiger partial charge in [-0.2, -0.15) is 0 Å². The molecular formula is C32H36N2O3. The van der Waals surface area contributed by atoms with Crippen molar-refractivity contribution in [3.8, 4) is 22.6 Å². The fraction of sp³-hybridized carbons (Fsp3) is 0.344. The van der Waals surface area contributed by atoms with Gasteiger partial charge in [0.05, 0.1) is 7.11 Å². The summed E-state index contributed by atoms with van der Waals surface area (Å²) in [7, 11) is 1.64.